The third-order valence-electron chi connectivity index (χ3n) is 5.63. The number of ether oxygens (including phenoxy) is 1. The monoisotopic (exact) mass is 518 g/mol. The van der Waals surface area contributed by atoms with Crippen molar-refractivity contribution in [3.63, 3.8) is 0 Å². The lowest BCUT2D eigenvalue weighted by atomic mass is 10.0. The van der Waals surface area contributed by atoms with Crippen LogP contribution in [-0.4, -0.2) is 36.0 Å². The molecule has 10 heteroatoms. The average molecular weight is 519 g/mol. The minimum absolute atomic E-state index is 0.0569. The van der Waals surface area contributed by atoms with Gasteiger partial charge in [0.2, 0.25) is 11.8 Å². The van der Waals surface area contributed by atoms with Gasteiger partial charge in [0, 0.05) is 18.3 Å². The van der Waals surface area contributed by atoms with Gasteiger partial charge in [-0.15, -0.1) is 0 Å². The predicted molar refractivity (Wildman–Crippen MR) is 144 cm³/mol. The van der Waals surface area contributed by atoms with E-state index in [2.05, 4.69) is 21.3 Å². The van der Waals surface area contributed by atoms with E-state index in [1.54, 1.807) is 48.5 Å². The lowest BCUT2D eigenvalue weighted by Crippen LogP contribution is -2.28. The van der Waals surface area contributed by atoms with Gasteiger partial charge in [0.05, 0.1) is 31.7 Å². The van der Waals surface area contributed by atoms with E-state index in [9.17, 15) is 19.2 Å². The number of urea groups is 1. The molecule has 0 aliphatic carbocycles. The van der Waals surface area contributed by atoms with Crippen molar-refractivity contribution in [1.82, 2.24) is 5.32 Å². The Kier molecular flexibility index (Phi) is 9.42. The van der Waals surface area contributed by atoms with Crippen LogP contribution in [0.2, 0.25) is 0 Å². The summed E-state index contributed by atoms with van der Waals surface area (Å²) in [4.78, 5) is 47.6. The Morgan fingerprint density at radius 3 is 2.21 bits per heavy atom. The molecule has 0 aromatic heterocycles. The number of aliphatic carboxylic acids is 1. The highest BCUT2D eigenvalue weighted by Crippen LogP contribution is 2.27. The molecule has 0 radical (unpaired) electrons. The van der Waals surface area contributed by atoms with Crippen LogP contribution in [0.5, 0.6) is 5.75 Å². The molecule has 0 aliphatic rings. The zero-order valence-electron chi connectivity index (χ0n) is 21.3. The number of carboxylic acid groups (broad SMARTS) is 1. The number of carboxylic acids is 1. The van der Waals surface area contributed by atoms with Gasteiger partial charge < -0.3 is 31.1 Å². The minimum Gasteiger partial charge on any atom is -0.495 e. The Hall–Kier alpha value is -4.86. The van der Waals surface area contributed by atoms with Crippen LogP contribution >= 0.6 is 0 Å². The first-order valence-electron chi connectivity index (χ1n) is 11.8. The number of benzene rings is 3. The largest absolute Gasteiger partial charge is 0.495 e. The molecule has 10 nitrogen and oxygen atoms in total. The zero-order valence-corrected chi connectivity index (χ0v) is 21.3. The number of anilines is 3. The van der Waals surface area contributed by atoms with E-state index >= 15 is 0 Å². The summed E-state index contributed by atoms with van der Waals surface area (Å²) in [5.74, 6) is -1.24. The van der Waals surface area contributed by atoms with Crippen LogP contribution in [0, 0.1) is 6.92 Å². The van der Waals surface area contributed by atoms with Gasteiger partial charge in [0.1, 0.15) is 5.75 Å². The maximum Gasteiger partial charge on any atom is 0.323 e. The van der Waals surface area contributed by atoms with Gasteiger partial charge in [0.15, 0.2) is 0 Å². The number of para-hydroxylation sites is 1. The summed E-state index contributed by atoms with van der Waals surface area (Å²) < 4.78 is 5.41. The summed E-state index contributed by atoms with van der Waals surface area (Å²) in [6.45, 7) is 3.22. The summed E-state index contributed by atoms with van der Waals surface area (Å²) >= 11 is 0. The Labute approximate surface area is 220 Å². The summed E-state index contributed by atoms with van der Waals surface area (Å²) in [6.07, 6.45) is -0.202. The molecule has 0 spiro atoms. The number of amides is 4. The predicted octanol–water partition coefficient (Wildman–Crippen LogP) is 4.48. The van der Waals surface area contributed by atoms with Crippen LogP contribution in [0.25, 0.3) is 0 Å². The van der Waals surface area contributed by atoms with Gasteiger partial charge in [-0.3, -0.25) is 14.4 Å². The van der Waals surface area contributed by atoms with Crippen LogP contribution in [-0.2, 0) is 20.8 Å². The van der Waals surface area contributed by atoms with Gasteiger partial charge in [0.25, 0.3) is 0 Å². The van der Waals surface area contributed by atoms with E-state index in [0.29, 0.717) is 33.9 Å². The molecular formula is C28H30N4O6. The van der Waals surface area contributed by atoms with E-state index in [1.807, 2.05) is 25.1 Å². The second kappa shape index (κ2) is 12.9. The number of nitrogens with one attached hydrogen (secondary N) is 4. The number of carbonyl (C=O) groups excluding carboxylic acids is 3. The first-order chi connectivity index (χ1) is 18.1. The molecule has 3 rings (SSSR count). The van der Waals surface area contributed by atoms with Crippen molar-refractivity contribution in [2.45, 2.75) is 32.7 Å². The van der Waals surface area contributed by atoms with Crippen molar-refractivity contribution in [2.24, 2.45) is 0 Å². The highest BCUT2D eigenvalue weighted by Gasteiger charge is 2.17. The average Bonchev–Trinajstić information content (AvgIpc) is 2.86. The normalized spacial score (nSPS) is 11.1. The SMILES string of the molecule is COc1cc(CC(=O)Nc2ccc(C(CC(=O)O)NC(C)=O)cc2)ccc1NC(=O)Nc1ccccc1C. The van der Waals surface area contributed by atoms with Crippen molar-refractivity contribution < 1.29 is 29.0 Å². The van der Waals surface area contributed by atoms with Crippen molar-refractivity contribution in [2.75, 3.05) is 23.1 Å². The lowest BCUT2D eigenvalue weighted by molar-refractivity contribution is -0.137. The second-order valence-corrected chi connectivity index (χ2v) is 8.63. The third-order valence-corrected chi connectivity index (χ3v) is 5.63. The number of methoxy groups -OCH3 is 1. The third kappa shape index (κ3) is 8.09. The molecule has 0 saturated heterocycles. The Morgan fingerprint density at radius 1 is 0.895 bits per heavy atom. The molecule has 4 amide bonds. The van der Waals surface area contributed by atoms with E-state index in [4.69, 9.17) is 9.84 Å². The van der Waals surface area contributed by atoms with Crippen LogP contribution in [0.3, 0.4) is 0 Å². The van der Waals surface area contributed by atoms with E-state index in [0.717, 1.165) is 5.56 Å². The molecule has 0 fully saturated rings. The Morgan fingerprint density at radius 2 is 1.58 bits per heavy atom. The number of rotatable bonds is 10. The number of hydrogen-bond acceptors (Lipinski definition) is 5. The summed E-state index contributed by atoms with van der Waals surface area (Å²) in [5, 5.41) is 20.1. The second-order valence-electron chi connectivity index (χ2n) is 8.63. The van der Waals surface area contributed by atoms with Crippen LogP contribution in [0.15, 0.2) is 66.7 Å². The minimum atomic E-state index is -1.04. The molecule has 0 bridgehead atoms. The lowest BCUT2D eigenvalue weighted by Gasteiger charge is -2.17. The highest BCUT2D eigenvalue weighted by atomic mass is 16.5. The van der Waals surface area contributed by atoms with Crippen LogP contribution in [0.1, 0.15) is 36.1 Å². The van der Waals surface area contributed by atoms with E-state index in [-0.39, 0.29) is 24.7 Å². The highest BCUT2D eigenvalue weighted by molar-refractivity contribution is 6.01. The summed E-state index contributed by atoms with van der Waals surface area (Å²) in [5.41, 5.74) is 3.88. The molecular weight excluding hydrogens is 488 g/mol. The molecule has 1 atom stereocenters. The number of carbonyl (C=O) groups is 4. The standard InChI is InChI=1S/C28H30N4O6/c1-17-6-4-5-7-22(17)31-28(37)32-23-13-8-19(14-25(23)38-3)15-26(34)30-21-11-9-20(10-12-21)24(16-27(35)36)29-18(2)33/h4-14,24H,15-16H2,1-3H3,(H,29,33)(H,30,34)(H,35,36)(H2,31,32,37). The summed E-state index contributed by atoms with van der Waals surface area (Å²) in [7, 11) is 1.48. The summed E-state index contributed by atoms with van der Waals surface area (Å²) in [6, 6.07) is 18.0. The molecule has 0 saturated carbocycles. The van der Waals surface area contributed by atoms with Crippen molar-refractivity contribution in [3.05, 3.63) is 83.4 Å². The van der Waals surface area contributed by atoms with Gasteiger partial charge in [-0.1, -0.05) is 36.4 Å². The van der Waals surface area contributed by atoms with Gasteiger partial charge in [-0.05, 0) is 53.9 Å². The molecule has 3 aromatic rings. The van der Waals surface area contributed by atoms with Crippen molar-refractivity contribution in [1.29, 1.82) is 0 Å². The quantitative estimate of drug-likeness (QED) is 0.267. The fraction of sp³-hybridized carbons (Fsp3) is 0.214. The van der Waals surface area contributed by atoms with Crippen molar-refractivity contribution >= 4 is 40.9 Å². The molecule has 38 heavy (non-hydrogen) atoms. The Bertz CT molecular complexity index is 1310. The van der Waals surface area contributed by atoms with Crippen molar-refractivity contribution in [3.8, 4) is 5.75 Å². The fourth-order valence-electron chi connectivity index (χ4n) is 3.80. The molecule has 1 unspecified atom stereocenters. The molecule has 198 valence electrons. The topological polar surface area (TPSA) is 146 Å². The zero-order chi connectivity index (χ0) is 27.7. The number of aryl methyl sites for hydroxylation is 1. The Balaban J connectivity index is 1.61. The molecule has 0 aliphatic heterocycles. The molecule has 3 aromatic carbocycles. The maximum atomic E-state index is 12.6. The first kappa shape index (κ1) is 27.7. The smallest absolute Gasteiger partial charge is 0.323 e. The van der Waals surface area contributed by atoms with Gasteiger partial charge in [-0.25, -0.2) is 4.79 Å². The van der Waals surface area contributed by atoms with Gasteiger partial charge in [-0.2, -0.15) is 0 Å². The van der Waals surface area contributed by atoms with E-state index in [1.165, 1.54) is 14.0 Å². The van der Waals surface area contributed by atoms with Gasteiger partial charge >= 0.3 is 12.0 Å². The van der Waals surface area contributed by atoms with Crippen LogP contribution < -0.4 is 26.0 Å². The van der Waals surface area contributed by atoms with E-state index < -0.39 is 18.0 Å². The first-order valence-corrected chi connectivity index (χ1v) is 11.8. The fourth-order valence-corrected chi connectivity index (χ4v) is 3.80. The molecule has 5 N–H and O–H groups in total. The number of hydrogen-bond donors (Lipinski definition) is 5. The maximum absolute atomic E-state index is 12.6. The van der Waals surface area contributed by atoms with Crippen LogP contribution in [0.4, 0.5) is 21.9 Å². The molecule has 0 heterocycles.